The predicted molar refractivity (Wildman–Crippen MR) is 66.7 cm³/mol. The standard InChI is InChI=1S/C14H18N2O2/c1-8(2)6-9-10(7-15)14(16)18-12-5-3-4-11(17)13(9)12/h8-9H,3-6,16H2,1-2H3/t9-/m1/s1. The van der Waals surface area contributed by atoms with Crippen LogP contribution < -0.4 is 5.73 Å². The monoisotopic (exact) mass is 246 g/mol. The van der Waals surface area contributed by atoms with E-state index in [1.54, 1.807) is 0 Å². The second-order valence-corrected chi connectivity index (χ2v) is 5.29. The minimum Gasteiger partial charge on any atom is -0.444 e. The maximum atomic E-state index is 12.1. The zero-order valence-corrected chi connectivity index (χ0v) is 10.8. The number of nitrogens with two attached hydrogens (primary N) is 1. The van der Waals surface area contributed by atoms with Crippen LogP contribution in [0.25, 0.3) is 0 Å². The van der Waals surface area contributed by atoms with E-state index in [1.807, 2.05) is 0 Å². The summed E-state index contributed by atoms with van der Waals surface area (Å²) in [7, 11) is 0. The molecule has 2 N–H and O–H groups in total. The van der Waals surface area contributed by atoms with Crippen LogP contribution in [0.5, 0.6) is 0 Å². The van der Waals surface area contributed by atoms with Gasteiger partial charge in [-0.3, -0.25) is 4.79 Å². The zero-order valence-electron chi connectivity index (χ0n) is 10.8. The molecular formula is C14H18N2O2. The summed E-state index contributed by atoms with van der Waals surface area (Å²) in [5.74, 6) is 1.20. The Kier molecular flexibility index (Phi) is 3.42. The predicted octanol–water partition coefficient (Wildman–Crippen LogP) is 2.38. The van der Waals surface area contributed by atoms with Gasteiger partial charge in [0, 0.05) is 24.3 Å². The van der Waals surface area contributed by atoms with Gasteiger partial charge in [0.25, 0.3) is 0 Å². The van der Waals surface area contributed by atoms with Crippen molar-refractivity contribution >= 4 is 5.78 Å². The van der Waals surface area contributed by atoms with E-state index in [0.717, 1.165) is 19.3 Å². The number of carbonyl (C=O) groups is 1. The minimum absolute atomic E-state index is 0.113. The Hall–Kier alpha value is -1.76. The first-order valence-corrected chi connectivity index (χ1v) is 6.38. The average molecular weight is 246 g/mol. The lowest BCUT2D eigenvalue weighted by Crippen LogP contribution is -2.29. The number of hydrogen-bond acceptors (Lipinski definition) is 4. The van der Waals surface area contributed by atoms with Crippen LogP contribution in [-0.2, 0) is 9.53 Å². The Balaban J connectivity index is 2.44. The summed E-state index contributed by atoms with van der Waals surface area (Å²) in [6, 6.07) is 2.11. The first-order chi connectivity index (χ1) is 8.54. The molecule has 1 atom stereocenters. The van der Waals surface area contributed by atoms with Crippen molar-refractivity contribution in [2.75, 3.05) is 0 Å². The number of ether oxygens (including phenoxy) is 1. The lowest BCUT2D eigenvalue weighted by atomic mass is 9.77. The molecule has 0 aromatic rings. The molecule has 0 amide bonds. The highest BCUT2D eigenvalue weighted by atomic mass is 16.5. The second-order valence-electron chi connectivity index (χ2n) is 5.29. The largest absolute Gasteiger partial charge is 0.444 e. The lowest BCUT2D eigenvalue weighted by molar-refractivity contribution is -0.117. The van der Waals surface area contributed by atoms with Crippen molar-refractivity contribution in [3.05, 3.63) is 22.8 Å². The van der Waals surface area contributed by atoms with E-state index < -0.39 is 0 Å². The fraction of sp³-hybridized carbons (Fsp3) is 0.571. The van der Waals surface area contributed by atoms with Crippen LogP contribution in [0.3, 0.4) is 0 Å². The Morgan fingerprint density at radius 1 is 1.50 bits per heavy atom. The maximum Gasteiger partial charge on any atom is 0.204 e. The van der Waals surface area contributed by atoms with Gasteiger partial charge in [0.05, 0.1) is 5.57 Å². The molecule has 4 heteroatoms. The number of hydrogen-bond donors (Lipinski definition) is 1. The van der Waals surface area contributed by atoms with Gasteiger partial charge in [0.1, 0.15) is 11.8 Å². The number of Topliss-reactive ketones (excluding diaryl/α,β-unsaturated/α-hetero) is 1. The molecule has 2 aliphatic rings. The van der Waals surface area contributed by atoms with E-state index in [-0.39, 0.29) is 17.6 Å². The number of nitrogens with zero attached hydrogens (tertiary/aromatic N) is 1. The molecular weight excluding hydrogens is 228 g/mol. The fourth-order valence-electron chi connectivity index (χ4n) is 2.67. The van der Waals surface area contributed by atoms with Crippen LogP contribution in [0.1, 0.15) is 39.5 Å². The van der Waals surface area contributed by atoms with Gasteiger partial charge in [-0.2, -0.15) is 5.26 Å². The maximum absolute atomic E-state index is 12.1. The molecule has 0 aromatic carbocycles. The second kappa shape index (κ2) is 4.85. The normalized spacial score (nSPS) is 23.9. The summed E-state index contributed by atoms with van der Waals surface area (Å²) in [6.45, 7) is 4.16. The molecule has 0 bridgehead atoms. The number of ketones is 1. The van der Waals surface area contributed by atoms with Gasteiger partial charge in [-0.05, 0) is 18.8 Å². The third kappa shape index (κ3) is 2.13. The van der Waals surface area contributed by atoms with Crippen LogP contribution in [-0.4, -0.2) is 5.78 Å². The smallest absolute Gasteiger partial charge is 0.204 e. The molecule has 0 spiro atoms. The first kappa shape index (κ1) is 12.7. The number of allylic oxidation sites excluding steroid dienone is 3. The van der Waals surface area contributed by atoms with Crippen LogP contribution in [0.2, 0.25) is 0 Å². The Bertz CT molecular complexity index is 481. The Morgan fingerprint density at radius 3 is 2.83 bits per heavy atom. The van der Waals surface area contributed by atoms with Gasteiger partial charge in [-0.1, -0.05) is 13.8 Å². The van der Waals surface area contributed by atoms with Gasteiger partial charge in [0.15, 0.2) is 5.78 Å². The molecule has 1 aliphatic carbocycles. The van der Waals surface area contributed by atoms with E-state index in [4.69, 9.17) is 10.5 Å². The summed E-state index contributed by atoms with van der Waals surface area (Å²) in [5.41, 5.74) is 6.91. The molecule has 0 unspecified atom stereocenters. The number of nitriles is 1. The van der Waals surface area contributed by atoms with Gasteiger partial charge in [-0.25, -0.2) is 0 Å². The summed E-state index contributed by atoms with van der Waals surface area (Å²) in [4.78, 5) is 12.1. The van der Waals surface area contributed by atoms with E-state index >= 15 is 0 Å². The van der Waals surface area contributed by atoms with Gasteiger partial charge in [0.2, 0.25) is 5.88 Å². The van der Waals surface area contributed by atoms with Crippen LogP contribution >= 0.6 is 0 Å². The van der Waals surface area contributed by atoms with E-state index in [9.17, 15) is 10.1 Å². The van der Waals surface area contributed by atoms with Gasteiger partial charge >= 0.3 is 0 Å². The first-order valence-electron chi connectivity index (χ1n) is 6.38. The van der Waals surface area contributed by atoms with Crippen molar-refractivity contribution in [2.24, 2.45) is 17.6 Å². The molecule has 0 saturated carbocycles. The highest BCUT2D eigenvalue weighted by Gasteiger charge is 2.36. The van der Waals surface area contributed by atoms with Crippen molar-refractivity contribution in [3.8, 4) is 6.07 Å². The third-order valence-corrected chi connectivity index (χ3v) is 3.43. The van der Waals surface area contributed by atoms with Crippen molar-refractivity contribution in [1.29, 1.82) is 5.26 Å². The van der Waals surface area contributed by atoms with Crippen molar-refractivity contribution < 1.29 is 9.53 Å². The summed E-state index contributed by atoms with van der Waals surface area (Å²) >= 11 is 0. The lowest BCUT2D eigenvalue weighted by Gasteiger charge is -2.31. The molecule has 1 heterocycles. The molecule has 0 aromatic heterocycles. The molecule has 96 valence electrons. The Labute approximate surface area is 107 Å². The van der Waals surface area contributed by atoms with Gasteiger partial charge < -0.3 is 10.5 Å². The fourth-order valence-corrected chi connectivity index (χ4v) is 2.67. The summed E-state index contributed by atoms with van der Waals surface area (Å²) in [5, 5.41) is 9.22. The van der Waals surface area contributed by atoms with Crippen molar-refractivity contribution in [3.63, 3.8) is 0 Å². The third-order valence-electron chi connectivity index (χ3n) is 3.43. The highest BCUT2D eigenvalue weighted by Crippen LogP contribution is 2.40. The Morgan fingerprint density at radius 2 is 2.22 bits per heavy atom. The molecule has 1 aliphatic heterocycles. The van der Waals surface area contributed by atoms with Crippen molar-refractivity contribution in [2.45, 2.75) is 39.5 Å². The summed E-state index contributed by atoms with van der Waals surface area (Å²) in [6.07, 6.45) is 2.86. The molecule has 4 nitrogen and oxygen atoms in total. The quantitative estimate of drug-likeness (QED) is 0.811. The molecule has 0 fully saturated rings. The average Bonchev–Trinajstić information content (AvgIpc) is 2.28. The number of rotatable bonds is 2. The van der Waals surface area contributed by atoms with Crippen LogP contribution in [0.15, 0.2) is 22.8 Å². The topological polar surface area (TPSA) is 76.1 Å². The van der Waals surface area contributed by atoms with E-state index in [2.05, 4.69) is 19.9 Å². The molecule has 18 heavy (non-hydrogen) atoms. The minimum atomic E-state index is -0.174. The van der Waals surface area contributed by atoms with Crippen LogP contribution in [0, 0.1) is 23.2 Å². The SMILES string of the molecule is CC(C)C[C@@H]1C(C#N)=C(N)OC2=C1C(=O)CCC2. The summed E-state index contributed by atoms with van der Waals surface area (Å²) < 4.78 is 5.47. The zero-order chi connectivity index (χ0) is 13.3. The van der Waals surface area contributed by atoms with Gasteiger partial charge in [-0.15, -0.1) is 0 Å². The van der Waals surface area contributed by atoms with E-state index in [1.165, 1.54) is 0 Å². The highest BCUT2D eigenvalue weighted by molar-refractivity contribution is 5.98. The molecule has 0 saturated heterocycles. The number of carbonyl (C=O) groups excluding carboxylic acids is 1. The van der Waals surface area contributed by atoms with Crippen molar-refractivity contribution in [1.82, 2.24) is 0 Å². The molecule has 0 radical (unpaired) electrons. The van der Waals surface area contributed by atoms with Crippen LogP contribution in [0.4, 0.5) is 0 Å². The molecule has 2 rings (SSSR count). The van der Waals surface area contributed by atoms with E-state index in [0.29, 0.717) is 29.2 Å².